The average Bonchev–Trinajstić information content (AvgIpc) is 2.15. The molecule has 3 nitrogen and oxygen atoms in total. The van der Waals surface area contributed by atoms with Crippen molar-refractivity contribution in [3.63, 3.8) is 0 Å². The van der Waals surface area contributed by atoms with Gasteiger partial charge in [-0.15, -0.1) is 0 Å². The molecule has 0 atom stereocenters. The highest BCUT2D eigenvalue weighted by Crippen LogP contribution is 2.26. The van der Waals surface area contributed by atoms with Crippen LogP contribution >= 0.6 is 23.2 Å². The van der Waals surface area contributed by atoms with Gasteiger partial charge in [0, 0.05) is 11.5 Å². The Bertz CT molecular complexity index is 529. The largest absolute Gasteiger partial charge is 0.491 e. The molecule has 0 bridgehead atoms. The van der Waals surface area contributed by atoms with E-state index in [9.17, 15) is 0 Å². The molecule has 0 radical (unpaired) electrons. The van der Waals surface area contributed by atoms with Crippen LogP contribution in [0.3, 0.4) is 0 Å². The first-order valence-electron chi connectivity index (χ1n) is 4.85. The number of rotatable bonds is 2. The number of halogens is 2. The minimum atomic E-state index is 0.116. The molecule has 5 heteroatoms. The van der Waals surface area contributed by atoms with Crippen LogP contribution in [-0.4, -0.2) is 16.1 Å². The SMILES string of the molecule is CC(C)Oc1ccc2c(Cl)nc(Cl)nc2c1. The van der Waals surface area contributed by atoms with Crippen molar-refractivity contribution in [2.45, 2.75) is 20.0 Å². The van der Waals surface area contributed by atoms with Crippen LogP contribution in [0.4, 0.5) is 0 Å². The minimum Gasteiger partial charge on any atom is -0.491 e. The van der Waals surface area contributed by atoms with Crippen molar-refractivity contribution in [1.29, 1.82) is 0 Å². The standard InChI is InChI=1S/C11H10Cl2N2O/c1-6(2)16-7-3-4-8-9(5-7)14-11(13)15-10(8)12/h3-6H,1-2H3. The second-order valence-corrected chi connectivity index (χ2v) is 4.33. The van der Waals surface area contributed by atoms with Crippen molar-refractivity contribution in [2.24, 2.45) is 0 Å². The van der Waals surface area contributed by atoms with E-state index in [1.54, 1.807) is 6.07 Å². The smallest absolute Gasteiger partial charge is 0.224 e. The molecule has 0 aliphatic heterocycles. The van der Waals surface area contributed by atoms with Crippen LogP contribution in [0, 0.1) is 0 Å². The maximum Gasteiger partial charge on any atom is 0.224 e. The summed E-state index contributed by atoms with van der Waals surface area (Å²) in [4.78, 5) is 7.97. The van der Waals surface area contributed by atoms with Gasteiger partial charge >= 0.3 is 0 Å². The number of benzene rings is 1. The van der Waals surface area contributed by atoms with Crippen LogP contribution in [0.15, 0.2) is 18.2 Å². The normalized spacial score (nSPS) is 11.1. The zero-order valence-corrected chi connectivity index (χ0v) is 10.4. The van der Waals surface area contributed by atoms with Gasteiger partial charge in [-0.2, -0.15) is 0 Å². The predicted molar refractivity (Wildman–Crippen MR) is 65.3 cm³/mol. The average molecular weight is 257 g/mol. The Kier molecular flexibility index (Phi) is 3.17. The van der Waals surface area contributed by atoms with Gasteiger partial charge in [-0.05, 0) is 37.6 Å². The topological polar surface area (TPSA) is 35.0 Å². The van der Waals surface area contributed by atoms with Gasteiger partial charge in [-0.25, -0.2) is 9.97 Å². The lowest BCUT2D eigenvalue weighted by atomic mass is 10.2. The van der Waals surface area contributed by atoms with Gasteiger partial charge in [0.2, 0.25) is 5.28 Å². The molecule has 1 aromatic carbocycles. The summed E-state index contributed by atoms with van der Waals surface area (Å²) in [6.07, 6.45) is 0.116. The van der Waals surface area contributed by atoms with Crippen molar-refractivity contribution in [1.82, 2.24) is 9.97 Å². The molecule has 1 aromatic heterocycles. The van der Waals surface area contributed by atoms with E-state index in [1.165, 1.54) is 0 Å². The first kappa shape index (κ1) is 11.4. The molecule has 0 spiro atoms. The lowest BCUT2D eigenvalue weighted by molar-refractivity contribution is 0.242. The molecule has 0 aliphatic rings. The highest BCUT2D eigenvalue weighted by molar-refractivity contribution is 6.35. The fraction of sp³-hybridized carbons (Fsp3) is 0.273. The van der Waals surface area contributed by atoms with Crippen LogP contribution in [0.25, 0.3) is 10.9 Å². The van der Waals surface area contributed by atoms with Crippen LogP contribution < -0.4 is 4.74 Å². The number of nitrogens with zero attached hydrogens (tertiary/aromatic N) is 2. The third-order valence-electron chi connectivity index (χ3n) is 1.97. The second-order valence-electron chi connectivity index (χ2n) is 3.63. The van der Waals surface area contributed by atoms with Crippen molar-refractivity contribution < 1.29 is 4.74 Å². The van der Waals surface area contributed by atoms with E-state index in [2.05, 4.69) is 9.97 Å². The van der Waals surface area contributed by atoms with Gasteiger partial charge in [0.25, 0.3) is 0 Å². The summed E-state index contributed by atoms with van der Waals surface area (Å²) >= 11 is 11.7. The molecule has 0 aliphatic carbocycles. The third-order valence-corrected chi connectivity index (χ3v) is 2.42. The highest BCUT2D eigenvalue weighted by Gasteiger charge is 2.06. The van der Waals surface area contributed by atoms with Crippen LogP contribution in [0.5, 0.6) is 5.75 Å². The zero-order chi connectivity index (χ0) is 11.7. The first-order chi connectivity index (χ1) is 7.56. The van der Waals surface area contributed by atoms with E-state index in [-0.39, 0.29) is 11.4 Å². The number of fused-ring (bicyclic) bond motifs is 1. The van der Waals surface area contributed by atoms with Crippen molar-refractivity contribution in [3.05, 3.63) is 28.6 Å². The Hall–Kier alpha value is -1.06. The molecule has 0 amide bonds. The molecule has 2 rings (SSSR count). The molecule has 0 saturated carbocycles. The Labute approximate surface area is 103 Å². The minimum absolute atomic E-state index is 0.116. The third kappa shape index (κ3) is 2.36. The zero-order valence-electron chi connectivity index (χ0n) is 8.87. The van der Waals surface area contributed by atoms with Crippen molar-refractivity contribution in [2.75, 3.05) is 0 Å². The fourth-order valence-electron chi connectivity index (χ4n) is 1.39. The number of ether oxygens (including phenoxy) is 1. The second kappa shape index (κ2) is 4.44. The summed E-state index contributed by atoms with van der Waals surface area (Å²) in [5.41, 5.74) is 0.683. The first-order valence-corrected chi connectivity index (χ1v) is 5.61. The molecular weight excluding hydrogens is 247 g/mol. The number of hydrogen-bond donors (Lipinski definition) is 0. The number of aromatic nitrogens is 2. The summed E-state index contributed by atoms with van der Waals surface area (Å²) in [5.74, 6) is 0.744. The van der Waals surface area contributed by atoms with Gasteiger partial charge in [-0.1, -0.05) is 11.6 Å². The summed E-state index contributed by atoms with van der Waals surface area (Å²) in [6, 6.07) is 5.46. The summed E-state index contributed by atoms with van der Waals surface area (Å²) < 4.78 is 5.56. The maximum absolute atomic E-state index is 5.94. The Morgan fingerprint density at radius 3 is 2.62 bits per heavy atom. The van der Waals surface area contributed by atoms with E-state index < -0.39 is 0 Å². The van der Waals surface area contributed by atoms with E-state index in [0.717, 1.165) is 11.1 Å². The molecule has 1 heterocycles. The maximum atomic E-state index is 5.94. The molecule has 84 valence electrons. The van der Waals surface area contributed by atoms with Gasteiger partial charge in [0.1, 0.15) is 10.9 Å². The van der Waals surface area contributed by atoms with Gasteiger partial charge < -0.3 is 4.74 Å². The number of hydrogen-bond acceptors (Lipinski definition) is 3. The molecule has 0 unspecified atom stereocenters. The molecule has 0 saturated heterocycles. The van der Waals surface area contributed by atoms with E-state index in [1.807, 2.05) is 26.0 Å². The predicted octanol–water partition coefficient (Wildman–Crippen LogP) is 3.72. The molecule has 16 heavy (non-hydrogen) atoms. The Morgan fingerprint density at radius 1 is 1.19 bits per heavy atom. The van der Waals surface area contributed by atoms with E-state index >= 15 is 0 Å². The molecule has 0 N–H and O–H groups in total. The molecule has 0 fully saturated rings. The van der Waals surface area contributed by atoms with Crippen molar-refractivity contribution in [3.8, 4) is 5.75 Å². The molecule has 2 aromatic rings. The van der Waals surface area contributed by atoms with Gasteiger partial charge in [0.05, 0.1) is 11.6 Å². The van der Waals surface area contributed by atoms with E-state index in [0.29, 0.717) is 10.7 Å². The summed E-state index contributed by atoms with van der Waals surface area (Å²) in [7, 11) is 0. The Morgan fingerprint density at radius 2 is 1.94 bits per heavy atom. The lowest BCUT2D eigenvalue weighted by Gasteiger charge is -2.10. The van der Waals surface area contributed by atoms with Crippen molar-refractivity contribution >= 4 is 34.1 Å². The summed E-state index contributed by atoms with van der Waals surface area (Å²) in [6.45, 7) is 3.92. The van der Waals surface area contributed by atoms with Gasteiger partial charge in [-0.3, -0.25) is 0 Å². The molecular formula is C11H10Cl2N2O. The summed E-state index contributed by atoms with van der Waals surface area (Å²) in [5, 5.41) is 1.26. The van der Waals surface area contributed by atoms with E-state index in [4.69, 9.17) is 27.9 Å². The highest BCUT2D eigenvalue weighted by atomic mass is 35.5. The van der Waals surface area contributed by atoms with Crippen LogP contribution in [0.2, 0.25) is 10.4 Å². The van der Waals surface area contributed by atoms with Gasteiger partial charge in [0.15, 0.2) is 0 Å². The Balaban J connectivity index is 2.53. The monoisotopic (exact) mass is 256 g/mol. The van der Waals surface area contributed by atoms with Crippen LogP contribution in [0.1, 0.15) is 13.8 Å². The lowest BCUT2D eigenvalue weighted by Crippen LogP contribution is -2.05. The quantitative estimate of drug-likeness (QED) is 0.607. The van der Waals surface area contributed by atoms with Crippen LogP contribution in [-0.2, 0) is 0 Å². The fourth-order valence-corrected chi connectivity index (χ4v) is 1.85.